The summed E-state index contributed by atoms with van der Waals surface area (Å²) in [5, 5.41) is 2.07. The average molecular weight is 246 g/mol. The van der Waals surface area contributed by atoms with Crippen molar-refractivity contribution in [3.63, 3.8) is 0 Å². The zero-order chi connectivity index (χ0) is 12.3. The van der Waals surface area contributed by atoms with Crippen LogP contribution in [0.4, 0.5) is 5.69 Å². The summed E-state index contributed by atoms with van der Waals surface area (Å²) < 4.78 is 0. The molecule has 0 spiro atoms. The maximum Gasteiger partial charge on any atom is 0.0567 e. The first-order valence-electron chi connectivity index (χ1n) is 5.73. The number of benzene rings is 1. The highest BCUT2D eigenvalue weighted by atomic mass is 32.1. The Morgan fingerprint density at radius 2 is 2.12 bits per heavy atom. The second kappa shape index (κ2) is 5.34. The SMILES string of the molecule is Cc1cccc(N(C)CC(N)c2cccs2)c1. The molecule has 2 nitrogen and oxygen atoms in total. The number of nitrogens with two attached hydrogens (primary N) is 1. The molecule has 2 N–H and O–H groups in total. The molecule has 1 atom stereocenters. The van der Waals surface area contributed by atoms with Gasteiger partial charge in [0.05, 0.1) is 6.04 Å². The van der Waals surface area contributed by atoms with Crippen LogP contribution in [0, 0.1) is 6.92 Å². The van der Waals surface area contributed by atoms with Gasteiger partial charge >= 0.3 is 0 Å². The minimum atomic E-state index is 0.0838. The standard InChI is InChI=1S/C14H18N2S/c1-11-5-3-6-12(9-11)16(2)10-13(15)14-7-4-8-17-14/h3-9,13H,10,15H2,1-2H3. The Bertz CT molecular complexity index is 465. The molecule has 0 aliphatic heterocycles. The van der Waals surface area contributed by atoms with Gasteiger partial charge in [0.15, 0.2) is 0 Å². The summed E-state index contributed by atoms with van der Waals surface area (Å²) in [6, 6.07) is 12.7. The number of hydrogen-bond acceptors (Lipinski definition) is 3. The summed E-state index contributed by atoms with van der Waals surface area (Å²) in [6.07, 6.45) is 0. The fourth-order valence-electron chi connectivity index (χ4n) is 1.86. The predicted molar refractivity (Wildman–Crippen MR) is 75.7 cm³/mol. The van der Waals surface area contributed by atoms with Crippen LogP contribution in [0.3, 0.4) is 0 Å². The number of thiophene rings is 1. The van der Waals surface area contributed by atoms with Crippen LogP contribution in [0.5, 0.6) is 0 Å². The topological polar surface area (TPSA) is 29.3 Å². The highest BCUT2D eigenvalue weighted by molar-refractivity contribution is 7.10. The van der Waals surface area contributed by atoms with Gasteiger partial charge in [-0.15, -0.1) is 11.3 Å². The number of anilines is 1. The van der Waals surface area contributed by atoms with Crippen LogP contribution >= 0.6 is 11.3 Å². The van der Waals surface area contributed by atoms with E-state index in [1.54, 1.807) is 11.3 Å². The molecule has 3 heteroatoms. The fraction of sp³-hybridized carbons (Fsp3) is 0.286. The van der Waals surface area contributed by atoms with Gasteiger partial charge in [-0.25, -0.2) is 0 Å². The molecule has 0 aliphatic carbocycles. The Kier molecular flexibility index (Phi) is 3.82. The molecular weight excluding hydrogens is 228 g/mol. The van der Waals surface area contributed by atoms with Crippen LogP contribution in [0.2, 0.25) is 0 Å². The van der Waals surface area contributed by atoms with Crippen LogP contribution < -0.4 is 10.6 Å². The summed E-state index contributed by atoms with van der Waals surface area (Å²) in [5.41, 5.74) is 8.68. The van der Waals surface area contributed by atoms with Gasteiger partial charge in [0.1, 0.15) is 0 Å². The summed E-state index contributed by atoms with van der Waals surface area (Å²) in [5.74, 6) is 0. The number of hydrogen-bond donors (Lipinski definition) is 1. The van der Waals surface area contributed by atoms with Crippen molar-refractivity contribution in [2.24, 2.45) is 5.73 Å². The van der Waals surface area contributed by atoms with Crippen LogP contribution in [0.25, 0.3) is 0 Å². The van der Waals surface area contributed by atoms with E-state index in [4.69, 9.17) is 5.73 Å². The van der Waals surface area contributed by atoms with E-state index < -0.39 is 0 Å². The second-order valence-electron chi connectivity index (χ2n) is 4.34. The van der Waals surface area contributed by atoms with Crippen molar-refractivity contribution in [2.75, 3.05) is 18.5 Å². The predicted octanol–water partition coefficient (Wildman–Crippen LogP) is 3.19. The van der Waals surface area contributed by atoms with E-state index in [0.717, 1.165) is 6.54 Å². The Balaban J connectivity index is 2.04. The Hall–Kier alpha value is -1.32. The van der Waals surface area contributed by atoms with Gasteiger partial charge in [0.25, 0.3) is 0 Å². The van der Waals surface area contributed by atoms with Crippen LogP contribution in [0.15, 0.2) is 41.8 Å². The number of nitrogens with zero attached hydrogens (tertiary/aromatic N) is 1. The van der Waals surface area contributed by atoms with Crippen LogP contribution in [-0.4, -0.2) is 13.6 Å². The van der Waals surface area contributed by atoms with E-state index in [9.17, 15) is 0 Å². The molecule has 17 heavy (non-hydrogen) atoms. The first-order chi connectivity index (χ1) is 8.16. The molecule has 1 unspecified atom stereocenters. The van der Waals surface area contributed by atoms with Crippen molar-refractivity contribution < 1.29 is 0 Å². The van der Waals surface area contributed by atoms with Gasteiger partial charge in [-0.1, -0.05) is 18.2 Å². The van der Waals surface area contributed by atoms with E-state index >= 15 is 0 Å². The van der Waals surface area contributed by atoms with E-state index in [-0.39, 0.29) is 6.04 Å². The molecule has 90 valence electrons. The highest BCUT2D eigenvalue weighted by Crippen LogP contribution is 2.20. The van der Waals surface area contributed by atoms with Crippen molar-refractivity contribution in [2.45, 2.75) is 13.0 Å². The quantitative estimate of drug-likeness (QED) is 0.897. The lowest BCUT2D eigenvalue weighted by atomic mass is 10.2. The molecule has 0 radical (unpaired) electrons. The minimum absolute atomic E-state index is 0.0838. The summed E-state index contributed by atoms with van der Waals surface area (Å²) in [6.45, 7) is 2.94. The minimum Gasteiger partial charge on any atom is -0.373 e. The van der Waals surface area contributed by atoms with E-state index in [2.05, 4.69) is 54.6 Å². The van der Waals surface area contributed by atoms with Crippen LogP contribution in [0.1, 0.15) is 16.5 Å². The van der Waals surface area contributed by atoms with Crippen molar-refractivity contribution in [1.82, 2.24) is 0 Å². The van der Waals surface area contributed by atoms with Gasteiger partial charge in [-0.2, -0.15) is 0 Å². The van der Waals surface area contributed by atoms with Gasteiger partial charge in [0, 0.05) is 24.2 Å². The zero-order valence-electron chi connectivity index (χ0n) is 10.3. The average Bonchev–Trinajstić information content (AvgIpc) is 2.82. The van der Waals surface area contributed by atoms with Gasteiger partial charge in [-0.3, -0.25) is 0 Å². The molecule has 0 saturated carbocycles. The molecular formula is C14H18N2S. The largest absolute Gasteiger partial charge is 0.373 e. The van der Waals surface area contributed by atoms with Crippen molar-refractivity contribution in [3.8, 4) is 0 Å². The molecule has 0 bridgehead atoms. The lowest BCUT2D eigenvalue weighted by Gasteiger charge is -2.23. The van der Waals surface area contributed by atoms with Crippen molar-refractivity contribution >= 4 is 17.0 Å². The molecule has 0 amide bonds. The molecule has 0 aliphatic rings. The molecule has 1 aromatic carbocycles. The smallest absolute Gasteiger partial charge is 0.0567 e. The fourth-order valence-corrected chi connectivity index (χ4v) is 2.58. The lowest BCUT2D eigenvalue weighted by molar-refractivity contribution is 0.715. The molecule has 1 heterocycles. The third-order valence-corrected chi connectivity index (χ3v) is 3.83. The molecule has 0 fully saturated rings. The maximum absolute atomic E-state index is 6.18. The van der Waals surface area contributed by atoms with Gasteiger partial charge in [-0.05, 0) is 36.1 Å². The summed E-state index contributed by atoms with van der Waals surface area (Å²) in [7, 11) is 2.09. The van der Waals surface area contributed by atoms with Crippen LogP contribution in [-0.2, 0) is 0 Å². The molecule has 2 rings (SSSR count). The summed E-state index contributed by atoms with van der Waals surface area (Å²) >= 11 is 1.72. The monoisotopic (exact) mass is 246 g/mol. The van der Waals surface area contributed by atoms with Crippen molar-refractivity contribution in [1.29, 1.82) is 0 Å². The Morgan fingerprint density at radius 1 is 1.29 bits per heavy atom. The first-order valence-corrected chi connectivity index (χ1v) is 6.61. The van der Waals surface area contributed by atoms with E-state index in [1.807, 2.05) is 6.07 Å². The highest BCUT2D eigenvalue weighted by Gasteiger charge is 2.10. The number of rotatable bonds is 4. The number of likely N-dealkylation sites (N-methyl/N-ethyl adjacent to an activating group) is 1. The van der Waals surface area contributed by atoms with E-state index in [1.165, 1.54) is 16.1 Å². The maximum atomic E-state index is 6.18. The lowest BCUT2D eigenvalue weighted by Crippen LogP contribution is -2.28. The van der Waals surface area contributed by atoms with Gasteiger partial charge < -0.3 is 10.6 Å². The Labute approximate surface area is 107 Å². The first kappa shape index (κ1) is 12.1. The van der Waals surface area contributed by atoms with Gasteiger partial charge in [0.2, 0.25) is 0 Å². The molecule has 1 aromatic heterocycles. The molecule has 2 aromatic rings. The summed E-state index contributed by atoms with van der Waals surface area (Å²) in [4.78, 5) is 3.45. The third kappa shape index (κ3) is 3.08. The normalized spacial score (nSPS) is 12.4. The Morgan fingerprint density at radius 3 is 2.76 bits per heavy atom. The third-order valence-electron chi connectivity index (χ3n) is 2.82. The number of aryl methyl sites for hydroxylation is 1. The van der Waals surface area contributed by atoms with E-state index in [0.29, 0.717) is 0 Å². The second-order valence-corrected chi connectivity index (χ2v) is 5.32. The zero-order valence-corrected chi connectivity index (χ0v) is 11.1. The molecule has 0 saturated heterocycles. The van der Waals surface area contributed by atoms with Crippen molar-refractivity contribution in [3.05, 3.63) is 52.2 Å².